The van der Waals surface area contributed by atoms with Crippen molar-refractivity contribution < 1.29 is 4.74 Å². The lowest BCUT2D eigenvalue weighted by molar-refractivity contribution is 0.413. The van der Waals surface area contributed by atoms with E-state index in [1.807, 2.05) is 36.4 Å². The van der Waals surface area contributed by atoms with E-state index in [2.05, 4.69) is 32.7 Å². The Kier molecular flexibility index (Phi) is 7.00. The molecule has 1 saturated heterocycles. The van der Waals surface area contributed by atoms with Crippen LogP contribution in [0.4, 0.5) is 17.5 Å². The standard InChI is InChI=1S/C25H26N6O2.ClH/c1-33-22-13-17(16-9-11-27-12-10-16)7-8-20(22)29-25-28-15-19-21(32)14-23(26)31(24(19)30-25)18-5-3-2-4-6-18;/h2-8,13-16,27H,9-12,26H2,1H3,(H,28,29,30);1H. The second kappa shape index (κ2) is 10.1. The van der Waals surface area contributed by atoms with E-state index >= 15 is 0 Å². The number of fused-ring (bicyclic) bond motifs is 1. The van der Waals surface area contributed by atoms with Crippen LogP contribution in [0.25, 0.3) is 16.7 Å². The predicted molar refractivity (Wildman–Crippen MR) is 138 cm³/mol. The molecule has 8 nitrogen and oxygen atoms in total. The summed E-state index contributed by atoms with van der Waals surface area (Å²) < 4.78 is 7.41. The maximum absolute atomic E-state index is 12.5. The summed E-state index contributed by atoms with van der Waals surface area (Å²) in [5.74, 6) is 1.91. The summed E-state index contributed by atoms with van der Waals surface area (Å²) in [5, 5.41) is 7.05. The van der Waals surface area contributed by atoms with Gasteiger partial charge in [0.1, 0.15) is 11.6 Å². The van der Waals surface area contributed by atoms with Crippen molar-refractivity contribution in [2.75, 3.05) is 31.2 Å². The van der Waals surface area contributed by atoms with Crippen molar-refractivity contribution in [3.8, 4) is 11.4 Å². The predicted octanol–water partition coefficient (Wildman–Crippen LogP) is 4.00. The molecule has 0 atom stereocenters. The maximum Gasteiger partial charge on any atom is 0.229 e. The van der Waals surface area contributed by atoms with Crippen molar-refractivity contribution in [2.24, 2.45) is 0 Å². The molecule has 3 heterocycles. The van der Waals surface area contributed by atoms with Crippen LogP contribution in [0.15, 0.2) is 65.6 Å². The van der Waals surface area contributed by atoms with Gasteiger partial charge in [-0.3, -0.25) is 9.36 Å². The van der Waals surface area contributed by atoms with Crippen LogP contribution in [0.5, 0.6) is 5.75 Å². The number of anilines is 3. The van der Waals surface area contributed by atoms with Gasteiger partial charge in [-0.1, -0.05) is 24.3 Å². The van der Waals surface area contributed by atoms with Crippen molar-refractivity contribution >= 4 is 40.9 Å². The number of hydrogen-bond donors (Lipinski definition) is 3. The van der Waals surface area contributed by atoms with Crippen LogP contribution in [0, 0.1) is 0 Å². The van der Waals surface area contributed by atoms with E-state index < -0.39 is 0 Å². The van der Waals surface area contributed by atoms with Crippen LogP contribution in [0.1, 0.15) is 24.3 Å². The molecule has 4 aromatic rings. The molecule has 1 aliphatic heterocycles. The first kappa shape index (κ1) is 23.5. The molecule has 176 valence electrons. The van der Waals surface area contributed by atoms with Crippen LogP contribution in [-0.4, -0.2) is 34.7 Å². The van der Waals surface area contributed by atoms with Crippen molar-refractivity contribution in [2.45, 2.75) is 18.8 Å². The summed E-state index contributed by atoms with van der Waals surface area (Å²) in [6, 6.07) is 17.2. The number of piperidine rings is 1. The Morgan fingerprint density at radius 1 is 1.12 bits per heavy atom. The molecule has 9 heteroatoms. The second-order valence-corrected chi connectivity index (χ2v) is 8.14. The molecule has 0 spiro atoms. The Balaban J connectivity index is 0.00000274. The SMILES string of the molecule is COc1cc(C2CCNCC2)ccc1Nc1ncc2c(=O)cc(N)n(-c3ccccc3)c2n1.Cl. The third kappa shape index (κ3) is 4.55. The molecule has 0 amide bonds. The van der Waals surface area contributed by atoms with Crippen molar-refractivity contribution in [1.29, 1.82) is 0 Å². The van der Waals surface area contributed by atoms with Gasteiger partial charge in [0.25, 0.3) is 0 Å². The third-order valence-corrected chi connectivity index (χ3v) is 6.08. The van der Waals surface area contributed by atoms with E-state index in [0.717, 1.165) is 43.1 Å². The number of rotatable bonds is 5. The number of nitrogen functional groups attached to an aromatic ring is 1. The van der Waals surface area contributed by atoms with Gasteiger partial charge in [-0.15, -0.1) is 12.4 Å². The molecule has 0 unspecified atom stereocenters. The first-order valence-corrected chi connectivity index (χ1v) is 11.0. The summed E-state index contributed by atoms with van der Waals surface area (Å²) in [5.41, 5.74) is 9.27. The molecule has 0 radical (unpaired) electrons. The zero-order valence-electron chi connectivity index (χ0n) is 18.8. The molecule has 34 heavy (non-hydrogen) atoms. The molecule has 1 aliphatic rings. The molecule has 4 N–H and O–H groups in total. The van der Waals surface area contributed by atoms with E-state index in [1.54, 1.807) is 11.7 Å². The number of aromatic nitrogens is 3. The highest BCUT2D eigenvalue weighted by Crippen LogP contribution is 2.33. The zero-order chi connectivity index (χ0) is 22.8. The first-order valence-electron chi connectivity index (χ1n) is 11.0. The molecular formula is C25H27ClN6O2. The number of methoxy groups -OCH3 is 1. The van der Waals surface area contributed by atoms with Gasteiger partial charge in [0.15, 0.2) is 11.1 Å². The number of ether oxygens (including phenoxy) is 1. The number of pyridine rings is 1. The van der Waals surface area contributed by atoms with E-state index in [9.17, 15) is 4.79 Å². The highest BCUT2D eigenvalue weighted by Gasteiger charge is 2.18. The molecule has 2 aromatic carbocycles. The molecule has 0 saturated carbocycles. The first-order chi connectivity index (χ1) is 16.1. The third-order valence-electron chi connectivity index (χ3n) is 6.08. The monoisotopic (exact) mass is 478 g/mol. The Bertz CT molecular complexity index is 1350. The fourth-order valence-corrected chi connectivity index (χ4v) is 4.37. The van der Waals surface area contributed by atoms with Crippen LogP contribution < -0.4 is 26.5 Å². The number of benzene rings is 2. The minimum absolute atomic E-state index is 0. The summed E-state index contributed by atoms with van der Waals surface area (Å²) in [6.45, 7) is 2.06. The lowest BCUT2D eigenvalue weighted by Crippen LogP contribution is -2.26. The fraction of sp³-hybridized carbons (Fsp3) is 0.240. The molecule has 2 aromatic heterocycles. The largest absolute Gasteiger partial charge is 0.495 e. The quantitative estimate of drug-likeness (QED) is 0.398. The van der Waals surface area contributed by atoms with E-state index in [1.165, 1.54) is 17.8 Å². The fourth-order valence-electron chi connectivity index (χ4n) is 4.37. The Hall–Kier alpha value is -3.62. The number of nitrogens with one attached hydrogen (secondary N) is 2. The lowest BCUT2D eigenvalue weighted by Gasteiger charge is -2.24. The van der Waals surface area contributed by atoms with E-state index in [0.29, 0.717) is 28.7 Å². The van der Waals surface area contributed by atoms with Gasteiger partial charge in [-0.2, -0.15) is 4.98 Å². The van der Waals surface area contributed by atoms with Crippen molar-refractivity contribution in [1.82, 2.24) is 19.9 Å². The Morgan fingerprint density at radius 2 is 1.88 bits per heavy atom. The minimum atomic E-state index is -0.217. The molecule has 1 fully saturated rings. The molecule has 0 aliphatic carbocycles. The van der Waals surface area contributed by atoms with Gasteiger partial charge in [0.05, 0.1) is 18.2 Å². The van der Waals surface area contributed by atoms with Crippen molar-refractivity contribution in [3.63, 3.8) is 0 Å². The van der Waals surface area contributed by atoms with Gasteiger partial charge in [0, 0.05) is 18.0 Å². The highest BCUT2D eigenvalue weighted by atomic mass is 35.5. The average Bonchev–Trinajstić information content (AvgIpc) is 2.85. The Morgan fingerprint density at radius 3 is 2.62 bits per heavy atom. The maximum atomic E-state index is 12.5. The summed E-state index contributed by atoms with van der Waals surface area (Å²) in [7, 11) is 1.65. The summed E-state index contributed by atoms with van der Waals surface area (Å²) >= 11 is 0. The van der Waals surface area contributed by atoms with Gasteiger partial charge in [-0.05, 0) is 61.7 Å². The van der Waals surface area contributed by atoms with Crippen LogP contribution >= 0.6 is 12.4 Å². The topological polar surface area (TPSA) is 107 Å². The number of nitrogens with two attached hydrogens (primary N) is 1. The number of halogens is 1. The zero-order valence-corrected chi connectivity index (χ0v) is 19.6. The van der Waals surface area contributed by atoms with Crippen molar-refractivity contribution in [3.05, 3.63) is 76.6 Å². The van der Waals surface area contributed by atoms with Crippen LogP contribution in [0.2, 0.25) is 0 Å². The summed E-state index contributed by atoms with van der Waals surface area (Å²) in [4.78, 5) is 21.6. The normalized spacial score (nSPS) is 13.9. The Labute approximate surface area is 203 Å². The minimum Gasteiger partial charge on any atom is -0.495 e. The van der Waals surface area contributed by atoms with Crippen LogP contribution in [-0.2, 0) is 0 Å². The van der Waals surface area contributed by atoms with Gasteiger partial charge < -0.3 is 21.1 Å². The number of para-hydroxylation sites is 1. The average molecular weight is 479 g/mol. The second-order valence-electron chi connectivity index (χ2n) is 8.14. The molecule has 5 rings (SSSR count). The molecule has 0 bridgehead atoms. The smallest absolute Gasteiger partial charge is 0.229 e. The van der Waals surface area contributed by atoms with Gasteiger partial charge in [0.2, 0.25) is 5.95 Å². The lowest BCUT2D eigenvalue weighted by atomic mass is 9.90. The highest BCUT2D eigenvalue weighted by molar-refractivity contribution is 5.85. The van der Waals surface area contributed by atoms with Gasteiger partial charge in [-0.25, -0.2) is 4.98 Å². The molecular weight excluding hydrogens is 452 g/mol. The van der Waals surface area contributed by atoms with E-state index in [4.69, 9.17) is 10.5 Å². The van der Waals surface area contributed by atoms with Crippen LogP contribution in [0.3, 0.4) is 0 Å². The summed E-state index contributed by atoms with van der Waals surface area (Å²) in [6.07, 6.45) is 3.76. The van der Waals surface area contributed by atoms with Gasteiger partial charge >= 0.3 is 0 Å². The number of hydrogen-bond acceptors (Lipinski definition) is 7. The number of nitrogens with zero attached hydrogens (tertiary/aromatic N) is 3. The van der Waals surface area contributed by atoms with E-state index in [-0.39, 0.29) is 17.8 Å².